The molecule has 0 fully saturated rings. The van der Waals surface area contributed by atoms with Crippen LogP contribution in [-0.4, -0.2) is 42.3 Å². The van der Waals surface area contributed by atoms with Crippen molar-refractivity contribution in [2.45, 2.75) is 0 Å². The van der Waals surface area contributed by atoms with Gasteiger partial charge in [-0.05, 0) is 54.6 Å². The zero-order valence-electron chi connectivity index (χ0n) is 17.1. The number of benzene rings is 2. The van der Waals surface area contributed by atoms with Gasteiger partial charge in [0.2, 0.25) is 0 Å². The van der Waals surface area contributed by atoms with E-state index in [1.165, 1.54) is 25.4 Å². The fourth-order valence-corrected chi connectivity index (χ4v) is 2.67. The Bertz CT molecular complexity index is 1130. The first kappa shape index (κ1) is 22.2. The zero-order chi connectivity index (χ0) is 22.9. The van der Waals surface area contributed by atoms with Crippen LogP contribution < -0.4 is 16.0 Å². The standard InChI is InChI=1S/C23H20N4O5/c1-32-20(28)14-25-21(29)15-7-9-18(10-8-15)26-22(30)16-4-2-6-19(12-16)27-23(31)17-5-3-11-24-13-17/h2-13H,14H2,1H3,(H,25,29)(H,26,30)(H,27,31). The molecule has 0 aliphatic heterocycles. The second-order valence-corrected chi connectivity index (χ2v) is 6.57. The lowest BCUT2D eigenvalue weighted by Crippen LogP contribution is -2.30. The lowest BCUT2D eigenvalue weighted by Gasteiger charge is -2.09. The molecule has 3 aromatic rings. The van der Waals surface area contributed by atoms with Gasteiger partial charge in [0.05, 0.1) is 12.7 Å². The Kier molecular flexibility index (Phi) is 7.26. The number of carbonyl (C=O) groups excluding carboxylic acids is 4. The van der Waals surface area contributed by atoms with E-state index in [9.17, 15) is 19.2 Å². The summed E-state index contributed by atoms with van der Waals surface area (Å²) in [6.45, 7) is -0.235. The first-order chi connectivity index (χ1) is 15.5. The van der Waals surface area contributed by atoms with E-state index in [0.29, 0.717) is 28.1 Å². The summed E-state index contributed by atoms with van der Waals surface area (Å²) in [5.74, 6) is -1.71. The van der Waals surface area contributed by atoms with E-state index < -0.39 is 11.9 Å². The molecule has 162 valence electrons. The Balaban J connectivity index is 1.61. The normalized spacial score (nSPS) is 10.0. The molecule has 1 heterocycles. The first-order valence-electron chi connectivity index (χ1n) is 9.54. The highest BCUT2D eigenvalue weighted by atomic mass is 16.5. The van der Waals surface area contributed by atoms with Crippen LogP contribution in [0.2, 0.25) is 0 Å². The van der Waals surface area contributed by atoms with Gasteiger partial charge in [-0.2, -0.15) is 0 Å². The molecule has 0 bridgehead atoms. The summed E-state index contributed by atoms with van der Waals surface area (Å²) >= 11 is 0. The average Bonchev–Trinajstić information content (AvgIpc) is 2.83. The Morgan fingerprint density at radius 3 is 2.16 bits per heavy atom. The summed E-state index contributed by atoms with van der Waals surface area (Å²) < 4.78 is 4.47. The molecule has 0 radical (unpaired) electrons. The summed E-state index contributed by atoms with van der Waals surface area (Å²) in [6, 6.07) is 16.0. The van der Waals surface area contributed by atoms with Gasteiger partial charge in [-0.15, -0.1) is 0 Å². The van der Waals surface area contributed by atoms with Crippen molar-refractivity contribution < 1.29 is 23.9 Å². The van der Waals surface area contributed by atoms with Gasteiger partial charge >= 0.3 is 5.97 Å². The maximum atomic E-state index is 12.6. The number of hydrogen-bond donors (Lipinski definition) is 3. The van der Waals surface area contributed by atoms with E-state index in [2.05, 4.69) is 25.7 Å². The molecule has 9 heteroatoms. The van der Waals surface area contributed by atoms with Crippen molar-refractivity contribution in [3.05, 3.63) is 89.7 Å². The largest absolute Gasteiger partial charge is 0.468 e. The predicted octanol–water partition coefficient (Wildman–Crippen LogP) is 2.49. The van der Waals surface area contributed by atoms with Crippen LogP contribution in [0.3, 0.4) is 0 Å². The Hall–Kier alpha value is -4.53. The van der Waals surface area contributed by atoms with E-state index in [1.54, 1.807) is 54.7 Å². The number of rotatable bonds is 7. The topological polar surface area (TPSA) is 126 Å². The number of anilines is 2. The third-order valence-electron chi connectivity index (χ3n) is 4.33. The summed E-state index contributed by atoms with van der Waals surface area (Å²) in [4.78, 5) is 51.9. The van der Waals surface area contributed by atoms with Crippen LogP contribution in [-0.2, 0) is 9.53 Å². The van der Waals surface area contributed by atoms with Crippen LogP contribution in [0.5, 0.6) is 0 Å². The first-order valence-corrected chi connectivity index (χ1v) is 9.54. The van der Waals surface area contributed by atoms with Crippen LogP contribution >= 0.6 is 0 Å². The van der Waals surface area contributed by atoms with E-state index in [-0.39, 0.29) is 18.4 Å². The molecule has 3 N–H and O–H groups in total. The van der Waals surface area contributed by atoms with Crippen LogP contribution in [0.15, 0.2) is 73.1 Å². The van der Waals surface area contributed by atoms with Crippen molar-refractivity contribution in [3.8, 4) is 0 Å². The summed E-state index contributed by atoms with van der Waals surface area (Å²) in [5.41, 5.74) is 2.01. The maximum Gasteiger partial charge on any atom is 0.325 e. The van der Waals surface area contributed by atoms with Gasteiger partial charge < -0.3 is 20.7 Å². The SMILES string of the molecule is COC(=O)CNC(=O)c1ccc(NC(=O)c2cccc(NC(=O)c3cccnc3)c2)cc1. The lowest BCUT2D eigenvalue weighted by molar-refractivity contribution is -0.139. The third kappa shape index (κ3) is 5.99. The molecule has 0 aliphatic carbocycles. The van der Waals surface area contributed by atoms with E-state index in [4.69, 9.17) is 0 Å². The van der Waals surface area contributed by atoms with Crippen molar-refractivity contribution in [1.82, 2.24) is 10.3 Å². The van der Waals surface area contributed by atoms with E-state index in [1.807, 2.05) is 0 Å². The zero-order valence-corrected chi connectivity index (χ0v) is 17.1. The second kappa shape index (κ2) is 10.5. The van der Waals surface area contributed by atoms with Gasteiger partial charge in [0.1, 0.15) is 6.54 Å². The number of methoxy groups -OCH3 is 1. The van der Waals surface area contributed by atoms with Gasteiger partial charge in [0.25, 0.3) is 17.7 Å². The molecule has 3 amide bonds. The summed E-state index contributed by atoms with van der Waals surface area (Å²) in [7, 11) is 1.23. The monoisotopic (exact) mass is 432 g/mol. The van der Waals surface area contributed by atoms with Gasteiger partial charge in [0.15, 0.2) is 0 Å². The number of aromatic nitrogens is 1. The number of carbonyl (C=O) groups is 4. The van der Waals surface area contributed by atoms with Crippen molar-refractivity contribution >= 4 is 35.1 Å². The highest BCUT2D eigenvalue weighted by Crippen LogP contribution is 2.15. The molecule has 9 nitrogen and oxygen atoms in total. The minimum Gasteiger partial charge on any atom is -0.468 e. The minimum atomic E-state index is -0.555. The number of nitrogens with one attached hydrogen (secondary N) is 3. The lowest BCUT2D eigenvalue weighted by atomic mass is 10.1. The quantitative estimate of drug-likeness (QED) is 0.493. The smallest absolute Gasteiger partial charge is 0.325 e. The number of esters is 1. The molecule has 0 saturated heterocycles. The number of nitrogens with zero attached hydrogens (tertiary/aromatic N) is 1. The highest BCUT2D eigenvalue weighted by Gasteiger charge is 2.11. The maximum absolute atomic E-state index is 12.6. The molecule has 0 unspecified atom stereocenters. The molecular weight excluding hydrogens is 412 g/mol. The fourth-order valence-electron chi connectivity index (χ4n) is 2.67. The molecule has 0 spiro atoms. The minimum absolute atomic E-state index is 0.235. The molecule has 2 aromatic carbocycles. The Morgan fingerprint density at radius 2 is 1.47 bits per heavy atom. The number of amides is 3. The van der Waals surface area contributed by atoms with Gasteiger partial charge in [0, 0.05) is 34.9 Å². The van der Waals surface area contributed by atoms with Crippen molar-refractivity contribution in [3.63, 3.8) is 0 Å². The van der Waals surface area contributed by atoms with Crippen molar-refractivity contribution in [1.29, 1.82) is 0 Å². The summed E-state index contributed by atoms with van der Waals surface area (Å²) in [6.07, 6.45) is 3.02. The number of ether oxygens (including phenoxy) is 1. The Labute approximate surface area is 183 Å². The van der Waals surface area contributed by atoms with Gasteiger partial charge in [-0.25, -0.2) is 0 Å². The van der Waals surface area contributed by atoms with Gasteiger partial charge in [-0.1, -0.05) is 6.07 Å². The molecule has 0 aliphatic rings. The van der Waals surface area contributed by atoms with Gasteiger partial charge in [-0.3, -0.25) is 24.2 Å². The molecular formula is C23H20N4O5. The van der Waals surface area contributed by atoms with Crippen LogP contribution in [0.1, 0.15) is 31.1 Å². The molecule has 0 saturated carbocycles. The number of pyridine rings is 1. The average molecular weight is 432 g/mol. The fraction of sp³-hybridized carbons (Fsp3) is 0.0870. The molecule has 1 aromatic heterocycles. The number of hydrogen-bond acceptors (Lipinski definition) is 6. The van der Waals surface area contributed by atoms with Crippen molar-refractivity contribution in [2.24, 2.45) is 0 Å². The molecule has 0 atom stereocenters. The van der Waals surface area contributed by atoms with E-state index >= 15 is 0 Å². The second-order valence-electron chi connectivity index (χ2n) is 6.57. The van der Waals surface area contributed by atoms with Crippen LogP contribution in [0.25, 0.3) is 0 Å². The van der Waals surface area contributed by atoms with Crippen LogP contribution in [0.4, 0.5) is 11.4 Å². The summed E-state index contributed by atoms with van der Waals surface area (Å²) in [5, 5.41) is 7.88. The Morgan fingerprint density at radius 1 is 0.781 bits per heavy atom. The predicted molar refractivity (Wildman–Crippen MR) is 117 cm³/mol. The molecule has 3 rings (SSSR count). The van der Waals surface area contributed by atoms with E-state index in [0.717, 1.165) is 0 Å². The van der Waals surface area contributed by atoms with Crippen molar-refractivity contribution in [2.75, 3.05) is 24.3 Å². The highest BCUT2D eigenvalue weighted by molar-refractivity contribution is 6.07. The third-order valence-corrected chi connectivity index (χ3v) is 4.33. The van der Waals surface area contributed by atoms with Crippen LogP contribution in [0, 0.1) is 0 Å². The molecule has 32 heavy (non-hydrogen) atoms.